The Morgan fingerprint density at radius 1 is 1.00 bits per heavy atom. The van der Waals surface area contributed by atoms with Gasteiger partial charge in [-0.15, -0.1) is 0 Å². The van der Waals surface area contributed by atoms with E-state index in [4.69, 9.17) is 4.74 Å². The molecule has 0 radical (unpaired) electrons. The molecule has 0 amide bonds. The Morgan fingerprint density at radius 2 is 1.82 bits per heavy atom. The van der Waals surface area contributed by atoms with Crippen molar-refractivity contribution in [3.8, 4) is 0 Å². The molecule has 2 saturated carbocycles. The Balaban J connectivity index is 1.15. The highest BCUT2D eigenvalue weighted by Crippen LogP contribution is 2.69. The van der Waals surface area contributed by atoms with Crippen molar-refractivity contribution in [3.63, 3.8) is 0 Å². The standard InChI is InChI=1S/C32H38N2O5/c1-30-8-6-21-13-23-28(37)29(38)24(34-16-25(35)26(36)17-34)14-31(23)9-10-32(21,39-31)27(30)5-4-22(30)19-3-2-18-7-11-33-15-20(18)12-19/h2-3,6-7,11-13,15,22,24-29,35-38H,4-5,8-10,14,16-17H2,1H3/t22?,24-,25-,26-,27+,28+,29+,30+,31+,32?/m0/s1. The fourth-order valence-electron chi connectivity index (χ4n) is 9.71. The summed E-state index contributed by atoms with van der Waals surface area (Å²) in [5.41, 5.74) is 2.45. The Bertz CT molecular complexity index is 1400. The third-order valence-electron chi connectivity index (χ3n) is 11.7. The normalized spacial score (nSPS) is 46.9. The number of allylic oxidation sites excluding steroid dienone is 1. The van der Waals surface area contributed by atoms with Gasteiger partial charge in [-0.3, -0.25) is 9.88 Å². The van der Waals surface area contributed by atoms with Crippen LogP contribution in [-0.4, -0.2) is 85.1 Å². The van der Waals surface area contributed by atoms with Gasteiger partial charge in [0.1, 0.15) is 6.10 Å². The lowest BCUT2D eigenvalue weighted by molar-refractivity contribution is -0.167. The van der Waals surface area contributed by atoms with Crippen molar-refractivity contribution in [2.24, 2.45) is 11.3 Å². The molecule has 4 fully saturated rings. The molecule has 8 rings (SSSR count). The van der Waals surface area contributed by atoms with Crippen molar-refractivity contribution >= 4 is 10.8 Å². The highest BCUT2D eigenvalue weighted by molar-refractivity contribution is 5.82. The van der Waals surface area contributed by atoms with Crippen LogP contribution in [-0.2, 0) is 4.74 Å². The second-order valence-electron chi connectivity index (χ2n) is 13.4. The first kappa shape index (κ1) is 24.6. The molecular weight excluding hydrogens is 492 g/mol. The predicted octanol–water partition coefficient (Wildman–Crippen LogP) is 2.82. The van der Waals surface area contributed by atoms with Crippen LogP contribution in [0.15, 0.2) is 60.0 Å². The second kappa shape index (κ2) is 8.21. The number of fused-ring (bicyclic) bond motifs is 2. The maximum absolute atomic E-state index is 11.4. The first-order valence-electron chi connectivity index (χ1n) is 14.7. The molecule has 6 aliphatic rings. The maximum atomic E-state index is 11.4. The van der Waals surface area contributed by atoms with E-state index in [0.717, 1.165) is 37.7 Å². The zero-order valence-corrected chi connectivity index (χ0v) is 22.4. The number of β-amino-alcohol motifs (C(OH)–C–C–N with tert-alkyl or cyclic N) is 2. The number of rotatable bonds is 2. The minimum Gasteiger partial charge on any atom is -0.389 e. The summed E-state index contributed by atoms with van der Waals surface area (Å²) in [4.78, 5) is 6.29. The average molecular weight is 531 g/mol. The molecule has 2 unspecified atom stereocenters. The molecule has 2 bridgehead atoms. The van der Waals surface area contributed by atoms with Crippen LogP contribution >= 0.6 is 0 Å². The molecule has 39 heavy (non-hydrogen) atoms. The minimum absolute atomic E-state index is 0.0611. The molecule has 2 saturated heterocycles. The number of benzene rings is 1. The van der Waals surface area contributed by atoms with Gasteiger partial charge in [-0.05, 0) is 90.0 Å². The van der Waals surface area contributed by atoms with Crippen molar-refractivity contribution in [2.45, 2.75) is 93.0 Å². The largest absolute Gasteiger partial charge is 0.389 e. The molecule has 3 aliphatic heterocycles. The summed E-state index contributed by atoms with van der Waals surface area (Å²) in [6.07, 6.45) is 10.1. The average Bonchev–Trinajstić information content (AvgIpc) is 3.57. The number of hydrogen-bond donors (Lipinski definition) is 4. The SMILES string of the molecule is C[C@]12CC=C3C=C4[C@@H](O)[C@H](O)[C@@H](N5C[C@H](O)[C@@H](O)C5)C[C@]45CCC3(O5)[C@@H]1CCC2c1ccc2ccncc2c1. The maximum Gasteiger partial charge on any atom is 0.105 e. The van der Waals surface area contributed by atoms with E-state index in [9.17, 15) is 20.4 Å². The van der Waals surface area contributed by atoms with Gasteiger partial charge in [0.05, 0.1) is 29.5 Å². The van der Waals surface area contributed by atoms with Gasteiger partial charge in [0.15, 0.2) is 0 Å². The number of aliphatic hydroxyl groups is 4. The van der Waals surface area contributed by atoms with E-state index in [1.165, 1.54) is 21.9 Å². The van der Waals surface area contributed by atoms with E-state index in [-0.39, 0.29) is 17.1 Å². The number of ether oxygens (including phenoxy) is 1. The van der Waals surface area contributed by atoms with E-state index in [2.05, 4.69) is 48.3 Å². The van der Waals surface area contributed by atoms with Crippen molar-refractivity contribution in [1.82, 2.24) is 9.88 Å². The highest BCUT2D eigenvalue weighted by Gasteiger charge is 2.68. The molecule has 1 aromatic carbocycles. The van der Waals surface area contributed by atoms with Gasteiger partial charge >= 0.3 is 0 Å². The number of nitrogens with zero attached hydrogens (tertiary/aromatic N) is 2. The van der Waals surface area contributed by atoms with E-state index in [0.29, 0.717) is 31.3 Å². The molecule has 7 nitrogen and oxygen atoms in total. The van der Waals surface area contributed by atoms with E-state index in [1.807, 2.05) is 17.3 Å². The molecule has 3 aliphatic carbocycles. The Labute approximate surface area is 228 Å². The fourth-order valence-corrected chi connectivity index (χ4v) is 9.71. The predicted molar refractivity (Wildman–Crippen MR) is 146 cm³/mol. The Hall–Kier alpha value is -2.13. The van der Waals surface area contributed by atoms with Gasteiger partial charge in [-0.1, -0.05) is 31.2 Å². The lowest BCUT2D eigenvalue weighted by atomic mass is 9.58. The Morgan fingerprint density at radius 3 is 2.64 bits per heavy atom. The number of hydrogen-bond acceptors (Lipinski definition) is 7. The fraction of sp³-hybridized carbons (Fsp3) is 0.594. The molecular formula is C32H38N2O5. The van der Waals surface area contributed by atoms with Gasteiger partial charge in [0.2, 0.25) is 0 Å². The zero-order valence-electron chi connectivity index (χ0n) is 22.4. The van der Waals surface area contributed by atoms with Crippen LogP contribution in [0, 0.1) is 11.3 Å². The quantitative estimate of drug-likeness (QED) is 0.473. The van der Waals surface area contributed by atoms with Crippen molar-refractivity contribution in [2.75, 3.05) is 13.1 Å². The summed E-state index contributed by atoms with van der Waals surface area (Å²) in [7, 11) is 0. The van der Waals surface area contributed by atoms with Crippen LogP contribution < -0.4 is 0 Å². The molecule has 1 aromatic heterocycles. The number of likely N-dealkylation sites (tertiary alicyclic amines) is 1. The van der Waals surface area contributed by atoms with Gasteiger partial charge < -0.3 is 25.2 Å². The lowest BCUT2D eigenvalue weighted by Gasteiger charge is -2.56. The zero-order chi connectivity index (χ0) is 26.7. The number of aromatic nitrogens is 1. The van der Waals surface area contributed by atoms with Crippen LogP contribution in [0.1, 0.15) is 56.9 Å². The van der Waals surface area contributed by atoms with E-state index >= 15 is 0 Å². The van der Waals surface area contributed by atoms with Gasteiger partial charge in [0, 0.05) is 36.9 Å². The van der Waals surface area contributed by atoms with Gasteiger partial charge in [-0.2, -0.15) is 0 Å². The van der Waals surface area contributed by atoms with Crippen LogP contribution in [0.5, 0.6) is 0 Å². The third-order valence-corrected chi connectivity index (χ3v) is 11.7. The highest BCUT2D eigenvalue weighted by atomic mass is 16.5. The molecule has 10 atom stereocenters. The van der Waals surface area contributed by atoms with E-state index < -0.39 is 30.0 Å². The molecule has 206 valence electrons. The lowest BCUT2D eigenvalue weighted by Crippen LogP contribution is -2.62. The van der Waals surface area contributed by atoms with Crippen LogP contribution in [0.3, 0.4) is 0 Å². The van der Waals surface area contributed by atoms with Crippen molar-refractivity contribution < 1.29 is 25.2 Å². The van der Waals surface area contributed by atoms with Crippen LogP contribution in [0.4, 0.5) is 0 Å². The van der Waals surface area contributed by atoms with Crippen LogP contribution in [0.25, 0.3) is 10.8 Å². The first-order chi connectivity index (χ1) is 18.7. The smallest absolute Gasteiger partial charge is 0.105 e. The summed E-state index contributed by atoms with van der Waals surface area (Å²) in [5, 5.41) is 45.3. The van der Waals surface area contributed by atoms with Crippen LogP contribution in [0.2, 0.25) is 0 Å². The van der Waals surface area contributed by atoms with Crippen molar-refractivity contribution in [3.05, 3.63) is 65.5 Å². The second-order valence-corrected chi connectivity index (χ2v) is 13.4. The summed E-state index contributed by atoms with van der Waals surface area (Å²) in [5.74, 6) is 0.804. The minimum atomic E-state index is -1.02. The summed E-state index contributed by atoms with van der Waals surface area (Å²) in [6, 6.07) is 8.55. The molecule has 2 aromatic rings. The molecule has 7 heteroatoms. The summed E-state index contributed by atoms with van der Waals surface area (Å²) >= 11 is 0. The summed E-state index contributed by atoms with van der Waals surface area (Å²) in [6.45, 7) is 3.04. The molecule has 4 heterocycles. The van der Waals surface area contributed by atoms with Gasteiger partial charge in [0.25, 0.3) is 0 Å². The first-order valence-corrected chi connectivity index (χ1v) is 14.7. The van der Waals surface area contributed by atoms with E-state index in [1.54, 1.807) is 0 Å². The van der Waals surface area contributed by atoms with Crippen molar-refractivity contribution in [1.29, 1.82) is 0 Å². The topological polar surface area (TPSA) is 106 Å². The number of pyridine rings is 1. The third kappa shape index (κ3) is 3.23. The Kier molecular flexibility index (Phi) is 5.19. The summed E-state index contributed by atoms with van der Waals surface area (Å²) < 4.78 is 7.31. The van der Waals surface area contributed by atoms with Gasteiger partial charge in [-0.25, -0.2) is 0 Å². The monoisotopic (exact) mass is 530 g/mol. The molecule has 4 N–H and O–H groups in total. The molecule has 2 spiro atoms. The number of aliphatic hydroxyl groups excluding tert-OH is 4.